The highest BCUT2D eigenvalue weighted by atomic mass is 32.1. The van der Waals surface area contributed by atoms with Crippen molar-refractivity contribution >= 4 is 41.0 Å². The van der Waals surface area contributed by atoms with Gasteiger partial charge in [-0.05, 0) is 56.7 Å². The molecule has 2 saturated heterocycles. The van der Waals surface area contributed by atoms with Gasteiger partial charge in [-0.3, -0.25) is 19.5 Å². The van der Waals surface area contributed by atoms with Gasteiger partial charge in [-0.15, -0.1) is 0 Å². The molecule has 2 aliphatic heterocycles. The zero-order valence-electron chi connectivity index (χ0n) is 15.0. The average Bonchev–Trinajstić information content (AvgIpc) is 2.63. The van der Waals surface area contributed by atoms with E-state index in [4.69, 9.17) is 12.2 Å². The highest BCUT2D eigenvalue weighted by molar-refractivity contribution is 7.80. The summed E-state index contributed by atoms with van der Waals surface area (Å²) < 4.78 is 0. The number of nitrogens with zero attached hydrogens (tertiary/aromatic N) is 3. The third-order valence-electron chi connectivity index (χ3n) is 4.81. The van der Waals surface area contributed by atoms with E-state index in [1.807, 2.05) is 31.2 Å². The molecular weight excluding hydrogens is 348 g/mol. The number of anilines is 1. The molecule has 1 aromatic carbocycles. The number of carbonyl (C=O) groups is 2. The molecule has 1 atom stereocenters. The Hall–Kier alpha value is -2.12. The molecule has 138 valence electrons. The molecule has 2 heterocycles. The third kappa shape index (κ3) is 4.16. The van der Waals surface area contributed by atoms with Crippen LogP contribution < -0.4 is 10.2 Å². The van der Waals surface area contributed by atoms with Gasteiger partial charge in [-0.2, -0.15) is 0 Å². The van der Waals surface area contributed by atoms with E-state index in [1.54, 1.807) is 0 Å². The molecular formula is C19H24N4O2S. The number of thiocarbonyl (C=S) groups is 1. The maximum Gasteiger partial charge on any atom is 0.251 e. The summed E-state index contributed by atoms with van der Waals surface area (Å²) in [6, 6.07) is 7.47. The second-order valence-corrected chi connectivity index (χ2v) is 7.08. The predicted molar refractivity (Wildman–Crippen MR) is 107 cm³/mol. The third-order valence-corrected chi connectivity index (χ3v) is 5.09. The quantitative estimate of drug-likeness (QED) is 0.487. The van der Waals surface area contributed by atoms with E-state index in [0.717, 1.165) is 25.2 Å². The van der Waals surface area contributed by atoms with E-state index in [1.165, 1.54) is 30.4 Å². The highest BCUT2D eigenvalue weighted by Gasteiger charge is 2.38. The minimum Gasteiger partial charge on any atom is -0.302 e. The summed E-state index contributed by atoms with van der Waals surface area (Å²) >= 11 is 5.22. The van der Waals surface area contributed by atoms with Gasteiger partial charge in [0.05, 0.1) is 12.2 Å². The van der Waals surface area contributed by atoms with Crippen molar-refractivity contribution in [1.82, 2.24) is 10.2 Å². The monoisotopic (exact) mass is 372 g/mol. The van der Waals surface area contributed by atoms with Crippen molar-refractivity contribution in [1.29, 1.82) is 0 Å². The summed E-state index contributed by atoms with van der Waals surface area (Å²) in [5, 5.41) is 2.74. The van der Waals surface area contributed by atoms with Crippen molar-refractivity contribution in [2.75, 3.05) is 31.1 Å². The molecule has 1 N–H and O–H groups in total. The van der Waals surface area contributed by atoms with E-state index in [0.29, 0.717) is 12.2 Å². The predicted octanol–water partition coefficient (Wildman–Crippen LogP) is 1.92. The fourth-order valence-corrected chi connectivity index (χ4v) is 3.62. The van der Waals surface area contributed by atoms with Gasteiger partial charge in [-0.25, -0.2) is 0 Å². The largest absolute Gasteiger partial charge is 0.302 e. The first kappa shape index (κ1) is 18.7. The molecule has 0 radical (unpaired) electrons. The molecule has 0 unspecified atom stereocenters. The number of likely N-dealkylation sites (tertiary alicyclic amines) is 1. The maximum atomic E-state index is 12.9. The van der Waals surface area contributed by atoms with Crippen LogP contribution in [0.1, 0.15) is 24.8 Å². The fourth-order valence-electron chi connectivity index (χ4n) is 3.33. The van der Waals surface area contributed by atoms with Crippen LogP contribution in [0.5, 0.6) is 0 Å². The van der Waals surface area contributed by atoms with Gasteiger partial charge in [-0.1, -0.05) is 24.6 Å². The average molecular weight is 372 g/mol. The van der Waals surface area contributed by atoms with Crippen LogP contribution in [0.2, 0.25) is 0 Å². The van der Waals surface area contributed by atoms with Crippen LogP contribution in [-0.4, -0.2) is 54.2 Å². The summed E-state index contributed by atoms with van der Waals surface area (Å²) in [6.45, 7) is 5.57. The molecule has 26 heavy (non-hydrogen) atoms. The molecule has 2 amide bonds. The summed E-state index contributed by atoms with van der Waals surface area (Å²) in [6.07, 6.45) is 5.23. The van der Waals surface area contributed by atoms with Gasteiger partial charge in [0.1, 0.15) is 0 Å². The number of aryl methyl sites for hydroxylation is 1. The van der Waals surface area contributed by atoms with Crippen molar-refractivity contribution in [3.05, 3.63) is 29.8 Å². The van der Waals surface area contributed by atoms with Crippen LogP contribution in [0.15, 0.2) is 29.3 Å². The van der Waals surface area contributed by atoms with Crippen LogP contribution in [0, 0.1) is 12.8 Å². The molecule has 2 fully saturated rings. The summed E-state index contributed by atoms with van der Waals surface area (Å²) in [5.41, 5.74) is 1.61. The number of carbonyl (C=O) groups excluding carboxylic acids is 2. The lowest BCUT2D eigenvalue weighted by molar-refractivity contribution is -0.130. The molecule has 2 aliphatic rings. The topological polar surface area (TPSA) is 65.0 Å². The number of piperidine rings is 1. The first-order valence-corrected chi connectivity index (χ1v) is 9.45. The number of aliphatic imine (C=N–C) groups is 1. The SMILES string of the molecule is Cc1ccccc1N1C(=O)[C@H](C=NCCN2CCCCC2)C(=O)NC1=S. The van der Waals surface area contributed by atoms with Crippen LogP contribution in [0.4, 0.5) is 5.69 Å². The molecule has 0 bridgehead atoms. The van der Waals surface area contributed by atoms with Crippen molar-refractivity contribution < 1.29 is 9.59 Å². The van der Waals surface area contributed by atoms with Gasteiger partial charge in [0, 0.05) is 12.8 Å². The maximum absolute atomic E-state index is 12.9. The van der Waals surface area contributed by atoms with Gasteiger partial charge < -0.3 is 10.2 Å². The lowest BCUT2D eigenvalue weighted by Gasteiger charge is -2.31. The number of amides is 2. The van der Waals surface area contributed by atoms with Crippen molar-refractivity contribution in [2.45, 2.75) is 26.2 Å². The first-order valence-electron chi connectivity index (χ1n) is 9.04. The smallest absolute Gasteiger partial charge is 0.251 e. The van der Waals surface area contributed by atoms with E-state index >= 15 is 0 Å². The van der Waals surface area contributed by atoms with Gasteiger partial charge in [0.25, 0.3) is 5.91 Å². The number of rotatable bonds is 5. The van der Waals surface area contributed by atoms with Crippen molar-refractivity contribution in [2.24, 2.45) is 10.9 Å². The van der Waals surface area contributed by atoms with E-state index in [-0.39, 0.29) is 11.0 Å². The van der Waals surface area contributed by atoms with E-state index < -0.39 is 11.8 Å². The number of benzene rings is 1. The number of hydrogen-bond acceptors (Lipinski definition) is 5. The van der Waals surface area contributed by atoms with Crippen molar-refractivity contribution in [3.8, 4) is 0 Å². The van der Waals surface area contributed by atoms with Gasteiger partial charge in [0.2, 0.25) is 5.91 Å². The van der Waals surface area contributed by atoms with Gasteiger partial charge >= 0.3 is 0 Å². The van der Waals surface area contributed by atoms with Crippen LogP contribution >= 0.6 is 12.2 Å². The van der Waals surface area contributed by atoms with Crippen LogP contribution in [-0.2, 0) is 9.59 Å². The Morgan fingerprint density at radius 2 is 1.96 bits per heavy atom. The lowest BCUT2D eigenvalue weighted by atomic mass is 10.0. The normalized spacial score (nSPS) is 22.1. The van der Waals surface area contributed by atoms with Crippen LogP contribution in [0.25, 0.3) is 0 Å². The first-order chi connectivity index (χ1) is 12.6. The molecule has 1 aromatic rings. The Kier molecular flexibility index (Phi) is 6.11. The fraction of sp³-hybridized carbons (Fsp3) is 0.474. The summed E-state index contributed by atoms with van der Waals surface area (Å²) in [7, 11) is 0. The molecule has 0 saturated carbocycles. The second-order valence-electron chi connectivity index (χ2n) is 6.69. The Balaban J connectivity index is 1.67. The lowest BCUT2D eigenvalue weighted by Crippen LogP contribution is -2.58. The molecule has 0 spiro atoms. The Bertz CT molecular complexity index is 728. The highest BCUT2D eigenvalue weighted by Crippen LogP contribution is 2.23. The second kappa shape index (κ2) is 8.51. The minimum absolute atomic E-state index is 0.118. The minimum atomic E-state index is -0.942. The molecule has 3 rings (SSSR count). The Labute approximate surface area is 159 Å². The van der Waals surface area contributed by atoms with E-state index in [9.17, 15) is 9.59 Å². The molecule has 6 nitrogen and oxygen atoms in total. The number of para-hydroxylation sites is 1. The number of nitrogens with one attached hydrogen (secondary N) is 1. The van der Waals surface area contributed by atoms with Gasteiger partial charge in [0.15, 0.2) is 11.0 Å². The Morgan fingerprint density at radius 3 is 2.69 bits per heavy atom. The Morgan fingerprint density at radius 1 is 1.23 bits per heavy atom. The number of hydrogen-bond donors (Lipinski definition) is 1. The molecule has 7 heteroatoms. The zero-order chi connectivity index (χ0) is 18.5. The zero-order valence-corrected chi connectivity index (χ0v) is 15.8. The van der Waals surface area contributed by atoms with Crippen LogP contribution in [0.3, 0.4) is 0 Å². The summed E-state index contributed by atoms with van der Waals surface area (Å²) in [5.74, 6) is -1.70. The standard InChI is InChI=1S/C19H24N4O2S/c1-14-7-3-4-8-16(14)23-18(25)15(17(24)21-19(23)26)13-20-9-12-22-10-5-2-6-11-22/h3-4,7-8,13,15H,2,5-6,9-12H2,1H3,(H,21,24,26)/t15-/m1/s1. The molecule has 0 aromatic heterocycles. The van der Waals surface area contributed by atoms with Crippen molar-refractivity contribution in [3.63, 3.8) is 0 Å². The summed E-state index contributed by atoms with van der Waals surface area (Å²) in [4.78, 5) is 33.2. The van der Waals surface area contributed by atoms with E-state index in [2.05, 4.69) is 15.2 Å². The molecule has 0 aliphatic carbocycles.